The number of carbonyl (C=O) groups excluding carboxylic acids is 1. The van der Waals surface area contributed by atoms with E-state index in [1.54, 1.807) is 0 Å². The van der Waals surface area contributed by atoms with Crippen LogP contribution in [0.1, 0.15) is 17.5 Å². The maximum Gasteiger partial charge on any atom is 0.197 e. The van der Waals surface area contributed by atoms with Crippen molar-refractivity contribution in [2.45, 2.75) is 13.3 Å². The Morgan fingerprint density at radius 2 is 1.92 bits per heavy atom. The SMILES string of the molecule is Cc1ccc(C2=CSC(=O)C2)cc1. The largest absolute Gasteiger partial charge is 0.286 e. The molecule has 0 atom stereocenters. The summed E-state index contributed by atoms with van der Waals surface area (Å²) in [7, 11) is 0. The van der Waals surface area contributed by atoms with Crippen molar-refractivity contribution >= 4 is 22.5 Å². The highest BCUT2D eigenvalue weighted by atomic mass is 32.2. The molecule has 0 aromatic heterocycles. The molecule has 1 aliphatic rings. The summed E-state index contributed by atoms with van der Waals surface area (Å²) in [4.78, 5) is 11.0. The quantitative estimate of drug-likeness (QED) is 0.677. The van der Waals surface area contributed by atoms with E-state index in [1.165, 1.54) is 22.9 Å². The molecule has 2 heteroatoms. The minimum Gasteiger partial charge on any atom is -0.286 e. The number of thioether (sulfide) groups is 1. The van der Waals surface area contributed by atoms with Gasteiger partial charge in [0.15, 0.2) is 5.12 Å². The van der Waals surface area contributed by atoms with E-state index in [-0.39, 0.29) is 5.12 Å². The van der Waals surface area contributed by atoms with Crippen molar-refractivity contribution in [1.29, 1.82) is 0 Å². The molecule has 0 N–H and O–H groups in total. The fourth-order valence-electron chi connectivity index (χ4n) is 1.31. The van der Waals surface area contributed by atoms with Gasteiger partial charge in [0.05, 0.1) is 0 Å². The second-order valence-corrected chi connectivity index (χ2v) is 4.10. The molecule has 0 spiro atoms. The van der Waals surface area contributed by atoms with Gasteiger partial charge in [0, 0.05) is 6.42 Å². The fourth-order valence-corrected chi connectivity index (χ4v) is 2.05. The summed E-state index contributed by atoms with van der Waals surface area (Å²) in [5.74, 6) is 0. The van der Waals surface area contributed by atoms with E-state index in [4.69, 9.17) is 0 Å². The average molecular weight is 190 g/mol. The third-order valence-electron chi connectivity index (χ3n) is 2.09. The van der Waals surface area contributed by atoms with E-state index < -0.39 is 0 Å². The summed E-state index contributed by atoms with van der Waals surface area (Å²) < 4.78 is 0. The molecule has 0 fully saturated rings. The number of aryl methyl sites for hydroxylation is 1. The summed E-state index contributed by atoms with van der Waals surface area (Å²) in [6.07, 6.45) is 0.577. The van der Waals surface area contributed by atoms with Crippen LogP contribution in [0.25, 0.3) is 5.57 Å². The second kappa shape index (κ2) is 3.38. The highest BCUT2D eigenvalue weighted by Crippen LogP contribution is 2.31. The summed E-state index contributed by atoms with van der Waals surface area (Å²) in [5, 5.41) is 2.20. The van der Waals surface area contributed by atoms with Gasteiger partial charge in [-0.2, -0.15) is 0 Å². The molecule has 1 heterocycles. The molecule has 13 heavy (non-hydrogen) atoms. The molecule has 1 aromatic rings. The Morgan fingerprint density at radius 3 is 2.46 bits per heavy atom. The standard InChI is InChI=1S/C11H10OS/c1-8-2-4-9(5-3-8)10-6-11(12)13-7-10/h2-5,7H,6H2,1H3. The molecule has 66 valence electrons. The lowest BCUT2D eigenvalue weighted by Crippen LogP contribution is -1.86. The predicted octanol–water partition coefficient (Wildman–Crippen LogP) is 3.00. The van der Waals surface area contributed by atoms with Gasteiger partial charge in [0.25, 0.3) is 0 Å². The molecule has 0 bridgehead atoms. The fraction of sp³-hybridized carbons (Fsp3) is 0.182. The number of rotatable bonds is 1. The van der Waals surface area contributed by atoms with E-state index in [9.17, 15) is 4.79 Å². The number of hydrogen-bond acceptors (Lipinski definition) is 2. The smallest absolute Gasteiger partial charge is 0.197 e. The Hall–Kier alpha value is -1.02. The van der Waals surface area contributed by atoms with Crippen LogP contribution >= 0.6 is 11.8 Å². The van der Waals surface area contributed by atoms with Gasteiger partial charge in [-0.3, -0.25) is 4.79 Å². The van der Waals surface area contributed by atoms with Crippen molar-refractivity contribution in [3.05, 3.63) is 40.8 Å². The Bertz CT molecular complexity index is 362. The number of benzene rings is 1. The van der Waals surface area contributed by atoms with E-state index in [0.29, 0.717) is 6.42 Å². The van der Waals surface area contributed by atoms with Crippen LogP contribution in [0.15, 0.2) is 29.7 Å². The maximum absolute atomic E-state index is 11.0. The third kappa shape index (κ3) is 1.83. The van der Waals surface area contributed by atoms with Crippen molar-refractivity contribution in [1.82, 2.24) is 0 Å². The first-order valence-electron chi connectivity index (χ1n) is 4.21. The molecule has 0 radical (unpaired) electrons. The molecule has 1 nitrogen and oxygen atoms in total. The van der Waals surface area contributed by atoms with Crippen LogP contribution in [0.5, 0.6) is 0 Å². The predicted molar refractivity (Wildman–Crippen MR) is 56.4 cm³/mol. The van der Waals surface area contributed by atoms with Crippen molar-refractivity contribution in [2.75, 3.05) is 0 Å². The van der Waals surface area contributed by atoms with Crippen LogP contribution in [0.2, 0.25) is 0 Å². The molecule has 0 saturated carbocycles. The normalized spacial score (nSPS) is 16.1. The summed E-state index contributed by atoms with van der Waals surface area (Å²) in [6.45, 7) is 2.06. The molecule has 0 aliphatic carbocycles. The van der Waals surface area contributed by atoms with Crippen LogP contribution in [0.4, 0.5) is 0 Å². The first-order valence-corrected chi connectivity index (χ1v) is 5.09. The van der Waals surface area contributed by atoms with Crippen LogP contribution in [0.3, 0.4) is 0 Å². The number of hydrogen-bond donors (Lipinski definition) is 0. The Morgan fingerprint density at radius 1 is 1.23 bits per heavy atom. The maximum atomic E-state index is 11.0. The van der Waals surface area contributed by atoms with Gasteiger partial charge in [-0.15, -0.1) is 0 Å². The van der Waals surface area contributed by atoms with Gasteiger partial charge in [-0.05, 0) is 23.5 Å². The van der Waals surface area contributed by atoms with Gasteiger partial charge in [-0.25, -0.2) is 0 Å². The summed E-state index contributed by atoms with van der Waals surface area (Å²) in [5.41, 5.74) is 3.57. The Kier molecular flexibility index (Phi) is 2.23. The number of carbonyl (C=O) groups is 1. The minimum absolute atomic E-state index is 0.246. The van der Waals surface area contributed by atoms with Crippen molar-refractivity contribution in [3.8, 4) is 0 Å². The zero-order valence-corrected chi connectivity index (χ0v) is 8.23. The molecule has 1 aromatic carbocycles. The third-order valence-corrected chi connectivity index (χ3v) is 2.90. The van der Waals surface area contributed by atoms with Gasteiger partial charge in [-0.1, -0.05) is 41.6 Å². The van der Waals surface area contributed by atoms with Gasteiger partial charge < -0.3 is 0 Å². The second-order valence-electron chi connectivity index (χ2n) is 3.18. The van der Waals surface area contributed by atoms with E-state index in [0.717, 1.165) is 5.57 Å². The van der Waals surface area contributed by atoms with Crippen LogP contribution < -0.4 is 0 Å². The number of allylic oxidation sites excluding steroid dienone is 1. The zero-order valence-electron chi connectivity index (χ0n) is 7.41. The molecule has 0 unspecified atom stereocenters. The van der Waals surface area contributed by atoms with E-state index >= 15 is 0 Å². The first-order chi connectivity index (χ1) is 6.25. The van der Waals surface area contributed by atoms with Crippen LogP contribution in [-0.2, 0) is 4.79 Å². The highest BCUT2D eigenvalue weighted by Gasteiger charge is 2.14. The minimum atomic E-state index is 0.246. The van der Waals surface area contributed by atoms with Gasteiger partial charge in [0.1, 0.15) is 0 Å². The van der Waals surface area contributed by atoms with Crippen molar-refractivity contribution in [3.63, 3.8) is 0 Å². The van der Waals surface area contributed by atoms with Crippen molar-refractivity contribution in [2.24, 2.45) is 0 Å². The molecule has 0 saturated heterocycles. The molecule has 0 amide bonds. The summed E-state index contributed by atoms with van der Waals surface area (Å²) >= 11 is 1.30. The van der Waals surface area contributed by atoms with Crippen molar-refractivity contribution < 1.29 is 4.79 Å². The monoisotopic (exact) mass is 190 g/mol. The molecule has 2 rings (SSSR count). The molecular formula is C11H10OS. The van der Waals surface area contributed by atoms with Gasteiger partial charge >= 0.3 is 0 Å². The average Bonchev–Trinajstić information content (AvgIpc) is 2.53. The topological polar surface area (TPSA) is 17.1 Å². The molecule has 1 aliphatic heterocycles. The van der Waals surface area contributed by atoms with E-state index in [1.807, 2.05) is 5.41 Å². The highest BCUT2D eigenvalue weighted by molar-refractivity contribution is 8.16. The molecular weight excluding hydrogens is 180 g/mol. The Balaban J connectivity index is 2.27. The lowest BCUT2D eigenvalue weighted by atomic mass is 10.0. The van der Waals surface area contributed by atoms with Crippen LogP contribution in [-0.4, -0.2) is 5.12 Å². The zero-order chi connectivity index (χ0) is 9.26. The van der Waals surface area contributed by atoms with E-state index in [2.05, 4.69) is 31.2 Å². The van der Waals surface area contributed by atoms with Crippen LogP contribution in [0, 0.1) is 6.92 Å². The lowest BCUT2D eigenvalue weighted by molar-refractivity contribution is -0.109. The lowest BCUT2D eigenvalue weighted by Gasteiger charge is -2.00. The Labute approximate surface area is 81.8 Å². The van der Waals surface area contributed by atoms with Gasteiger partial charge in [0.2, 0.25) is 0 Å². The first kappa shape index (κ1) is 8.57. The summed E-state index contributed by atoms with van der Waals surface area (Å²) in [6, 6.07) is 8.29.